The number of halogens is 26. The molecule has 0 aliphatic heterocycles. The lowest BCUT2D eigenvalue weighted by molar-refractivity contribution is -0.440. The van der Waals surface area contributed by atoms with E-state index in [9.17, 15) is 129 Å². The first kappa shape index (κ1) is 48.4. The highest BCUT2D eigenvalue weighted by molar-refractivity contribution is 5.97. The Hall–Kier alpha value is -3.66. The van der Waals surface area contributed by atoms with E-state index in [4.69, 9.17) is 5.11 Å². The number of hydrogen-bond donors (Lipinski definition) is 2. The van der Waals surface area contributed by atoms with Crippen LogP contribution in [0, 0.1) is 0 Å². The van der Waals surface area contributed by atoms with Gasteiger partial charge >= 0.3 is 83.5 Å². The Bertz CT molecular complexity index is 1570. The summed E-state index contributed by atoms with van der Waals surface area (Å²) in [6.45, 7) is 0. The number of carboxylic acids is 2. The molecule has 0 unspecified atom stereocenters. The average Bonchev–Trinajstić information content (AvgIpc) is 2.96. The fourth-order valence-electron chi connectivity index (χ4n) is 4.12. The van der Waals surface area contributed by atoms with Crippen molar-refractivity contribution in [1.29, 1.82) is 0 Å². The van der Waals surface area contributed by atoms with Gasteiger partial charge < -0.3 is 10.2 Å². The van der Waals surface area contributed by atoms with Gasteiger partial charge in [-0.3, -0.25) is 0 Å². The van der Waals surface area contributed by atoms with E-state index in [2.05, 4.69) is 0 Å². The van der Waals surface area contributed by atoms with Gasteiger partial charge in [0, 0.05) is 12.8 Å². The Balaban J connectivity index is 3.77. The minimum atomic E-state index is -8.43. The maximum atomic E-state index is 14.3. The molecule has 0 fully saturated rings. The Morgan fingerprint density at radius 3 is 0.981 bits per heavy atom. The SMILES string of the molecule is O=C(O)c1ccc(CCC(F)(F)C(F)(F)C(F)(F)C(F)(F)C(F)(F)C(F)(F)F)c(C(=O)O)c1CCC(F)(F)C(F)(F)C(F)(F)C(F)(F)C(F)(F)C(F)(F)F. The van der Waals surface area contributed by atoms with Crippen molar-refractivity contribution < 1.29 is 134 Å². The highest BCUT2D eigenvalue weighted by Crippen LogP contribution is 2.62. The van der Waals surface area contributed by atoms with Gasteiger partial charge in [0.1, 0.15) is 0 Å². The summed E-state index contributed by atoms with van der Waals surface area (Å²) in [6.07, 6.45) is -27.3. The maximum absolute atomic E-state index is 14.3. The summed E-state index contributed by atoms with van der Waals surface area (Å²) in [4.78, 5) is 23.2. The van der Waals surface area contributed by atoms with Gasteiger partial charge in [-0.2, -0.15) is 114 Å². The van der Waals surface area contributed by atoms with Crippen molar-refractivity contribution in [3.63, 3.8) is 0 Å². The third kappa shape index (κ3) is 7.12. The number of aromatic carboxylic acids is 2. The lowest BCUT2D eigenvalue weighted by Gasteiger charge is -2.40. The monoisotopic (exact) mass is 858 g/mol. The van der Waals surface area contributed by atoms with Crippen LogP contribution in [0.4, 0.5) is 114 Å². The van der Waals surface area contributed by atoms with Crippen LogP contribution in [0.1, 0.15) is 44.7 Å². The molecular formula is C24H12F26O4. The van der Waals surface area contributed by atoms with Crippen molar-refractivity contribution in [3.8, 4) is 0 Å². The molecule has 1 aromatic rings. The lowest BCUT2D eigenvalue weighted by Crippen LogP contribution is -2.70. The van der Waals surface area contributed by atoms with Crippen LogP contribution >= 0.6 is 0 Å². The van der Waals surface area contributed by atoms with Crippen LogP contribution in [-0.2, 0) is 12.8 Å². The van der Waals surface area contributed by atoms with Gasteiger partial charge in [0.05, 0.1) is 11.1 Å². The smallest absolute Gasteiger partial charge is 0.460 e. The van der Waals surface area contributed by atoms with E-state index in [0.29, 0.717) is 0 Å². The fourth-order valence-corrected chi connectivity index (χ4v) is 4.12. The van der Waals surface area contributed by atoms with Crippen molar-refractivity contribution in [3.05, 3.63) is 34.4 Å². The summed E-state index contributed by atoms with van der Waals surface area (Å²) >= 11 is 0. The van der Waals surface area contributed by atoms with E-state index < -0.39 is 131 Å². The van der Waals surface area contributed by atoms with Crippen LogP contribution in [0.3, 0.4) is 0 Å². The fraction of sp³-hybridized carbons (Fsp3) is 0.667. The Labute approximate surface area is 278 Å². The number of carbonyl (C=O) groups is 2. The molecule has 0 saturated heterocycles. The molecule has 0 heterocycles. The second kappa shape index (κ2) is 13.5. The zero-order valence-corrected chi connectivity index (χ0v) is 24.5. The number of alkyl halides is 26. The zero-order chi connectivity index (χ0) is 43.7. The molecule has 0 aliphatic rings. The maximum Gasteiger partial charge on any atom is 0.460 e. The molecule has 30 heteroatoms. The number of benzene rings is 1. The van der Waals surface area contributed by atoms with E-state index >= 15 is 0 Å². The summed E-state index contributed by atoms with van der Waals surface area (Å²) in [5, 5.41) is 18.5. The first-order chi connectivity index (χ1) is 23.3. The summed E-state index contributed by atoms with van der Waals surface area (Å²) in [5.74, 6) is -85.5. The molecule has 4 nitrogen and oxygen atoms in total. The summed E-state index contributed by atoms with van der Waals surface area (Å²) in [6, 6.07) is -0.346. The molecule has 0 atom stereocenters. The second-order valence-electron chi connectivity index (χ2n) is 10.7. The van der Waals surface area contributed by atoms with Crippen molar-refractivity contribution in [2.45, 2.75) is 97.3 Å². The molecule has 314 valence electrons. The predicted octanol–water partition coefficient (Wildman–Crippen LogP) is 10.4. The van der Waals surface area contributed by atoms with Crippen molar-refractivity contribution in [2.75, 3.05) is 0 Å². The van der Waals surface area contributed by atoms with Crippen LogP contribution in [0.25, 0.3) is 0 Å². The third-order valence-corrected chi connectivity index (χ3v) is 7.24. The van der Waals surface area contributed by atoms with Crippen molar-refractivity contribution in [2.24, 2.45) is 0 Å². The highest BCUT2D eigenvalue weighted by Gasteiger charge is 2.92. The van der Waals surface area contributed by atoms with E-state index in [-0.39, 0.29) is 12.1 Å². The number of carboxylic acid groups (broad SMARTS) is 2. The lowest BCUT2D eigenvalue weighted by atomic mass is 9.86. The predicted molar refractivity (Wildman–Crippen MR) is 119 cm³/mol. The normalized spacial score (nSPS) is 15.4. The molecule has 0 amide bonds. The number of aryl methyl sites for hydroxylation is 1. The van der Waals surface area contributed by atoms with E-state index in [1.165, 1.54) is 0 Å². The van der Waals surface area contributed by atoms with Crippen molar-refractivity contribution in [1.82, 2.24) is 0 Å². The molecule has 0 bridgehead atoms. The summed E-state index contributed by atoms with van der Waals surface area (Å²) < 4.78 is 348. The van der Waals surface area contributed by atoms with E-state index in [1.807, 2.05) is 0 Å². The van der Waals surface area contributed by atoms with Crippen LogP contribution < -0.4 is 0 Å². The van der Waals surface area contributed by atoms with Crippen LogP contribution in [0.2, 0.25) is 0 Å². The van der Waals surface area contributed by atoms with Gasteiger partial charge in [-0.25, -0.2) is 9.59 Å². The van der Waals surface area contributed by atoms with Gasteiger partial charge in [0.25, 0.3) is 0 Å². The van der Waals surface area contributed by atoms with Crippen LogP contribution in [0.5, 0.6) is 0 Å². The van der Waals surface area contributed by atoms with Gasteiger partial charge in [-0.05, 0) is 30.0 Å². The highest BCUT2D eigenvalue weighted by atomic mass is 19.4. The molecule has 54 heavy (non-hydrogen) atoms. The van der Waals surface area contributed by atoms with Crippen LogP contribution in [0.15, 0.2) is 12.1 Å². The third-order valence-electron chi connectivity index (χ3n) is 7.24. The summed E-state index contributed by atoms with van der Waals surface area (Å²) in [7, 11) is 0. The molecule has 0 radical (unpaired) electrons. The second-order valence-corrected chi connectivity index (χ2v) is 10.7. The molecule has 0 aliphatic carbocycles. The Morgan fingerprint density at radius 2 is 0.704 bits per heavy atom. The Morgan fingerprint density at radius 1 is 0.407 bits per heavy atom. The van der Waals surface area contributed by atoms with E-state index in [1.54, 1.807) is 0 Å². The molecule has 0 saturated carbocycles. The molecular weight excluding hydrogens is 846 g/mol. The number of rotatable bonds is 16. The standard InChI is InChI=1S/C24H12F26O4/c25-13(26,15(29,30)17(33,34)19(37,38)21(41,42)23(45,46)47)5-3-7-1-2-9(11(51)52)8(10(7)12(53)54)4-6-14(27,28)16(31,32)18(35,36)20(39,40)22(43,44)24(48,49)50/h1-2H,3-6H2,(H,51,52)(H,53,54). The quantitative estimate of drug-likeness (QED) is 0.162. The van der Waals surface area contributed by atoms with Crippen LogP contribution in [-0.4, -0.2) is 93.7 Å². The zero-order valence-electron chi connectivity index (χ0n) is 24.5. The largest absolute Gasteiger partial charge is 0.478 e. The first-order valence-corrected chi connectivity index (χ1v) is 12.8. The molecule has 2 N–H and O–H groups in total. The topological polar surface area (TPSA) is 74.6 Å². The first-order valence-electron chi connectivity index (χ1n) is 12.8. The van der Waals surface area contributed by atoms with Gasteiger partial charge in [-0.1, -0.05) is 6.07 Å². The molecule has 0 spiro atoms. The van der Waals surface area contributed by atoms with Gasteiger partial charge in [0.2, 0.25) is 0 Å². The van der Waals surface area contributed by atoms with Crippen molar-refractivity contribution >= 4 is 11.9 Å². The minimum absolute atomic E-state index is 0.157. The molecule has 1 aromatic carbocycles. The van der Waals surface area contributed by atoms with E-state index in [0.717, 1.165) is 0 Å². The molecule has 1 rings (SSSR count). The summed E-state index contributed by atoms with van der Waals surface area (Å²) in [5.41, 5.74) is -7.83. The van der Waals surface area contributed by atoms with Gasteiger partial charge in [0.15, 0.2) is 0 Å². The van der Waals surface area contributed by atoms with Gasteiger partial charge in [-0.15, -0.1) is 0 Å². The average molecular weight is 858 g/mol. The Kier molecular flexibility index (Phi) is 12.1. The minimum Gasteiger partial charge on any atom is -0.478 e. The molecule has 0 aromatic heterocycles. The number of hydrogen-bond acceptors (Lipinski definition) is 2.